The van der Waals surface area contributed by atoms with E-state index in [2.05, 4.69) is 0 Å². The van der Waals surface area contributed by atoms with Gasteiger partial charge in [-0.25, -0.2) is 0 Å². The summed E-state index contributed by atoms with van der Waals surface area (Å²) in [4.78, 5) is 0. The van der Waals surface area contributed by atoms with Gasteiger partial charge in [0.15, 0.2) is 0 Å². The number of nitrogens with zero attached hydrogens (tertiary/aromatic N) is 4. The van der Waals surface area contributed by atoms with Gasteiger partial charge in [-0.05, 0) is 0 Å². The van der Waals surface area contributed by atoms with Crippen molar-refractivity contribution in [2.24, 2.45) is 0 Å². The van der Waals surface area contributed by atoms with Gasteiger partial charge in [-0.1, -0.05) is 0 Å². The van der Waals surface area contributed by atoms with E-state index in [4.69, 9.17) is 34.2 Å². The van der Waals surface area contributed by atoms with Crippen molar-refractivity contribution in [3.8, 4) is 7.26 Å². The molecule has 0 bridgehead atoms. The van der Waals surface area contributed by atoms with Crippen LogP contribution in [0.1, 0.15) is 0 Å². The van der Waals surface area contributed by atoms with Gasteiger partial charge in [0.1, 0.15) is 0 Å². The second kappa shape index (κ2) is 79.8. The molecule has 0 unspecified atom stereocenters. The minimum atomic E-state index is -1.34. The zero-order chi connectivity index (χ0) is 8.12. The molecular formula is C4FeN4Pb. The standard InChI is InChI=1S/4CN.Fe.Pb/c4*1-2;;/q;;2*-1;+2;. The Labute approximate surface area is 82.3 Å². The van der Waals surface area contributed by atoms with Crippen LogP contribution in [0.4, 0.5) is 0 Å². The van der Waals surface area contributed by atoms with Crippen molar-refractivity contribution < 1.29 is 17.1 Å². The molecule has 0 aromatic carbocycles. The predicted octanol–water partition coefficient (Wildman–Crippen LogP) is -0.157. The second-order valence-electron chi connectivity index (χ2n) is 0.349. The number of hydrogen-bond donors (Lipinski definition) is 0. The molecular weight excluding hydrogens is 367 g/mol. The van der Waals surface area contributed by atoms with Crippen molar-refractivity contribution in [2.75, 3.05) is 0 Å². The van der Waals surface area contributed by atoms with Crippen LogP contribution in [0.3, 0.4) is 0 Å². The van der Waals surface area contributed by atoms with Crippen LogP contribution in [0.2, 0.25) is 0 Å². The van der Waals surface area contributed by atoms with Gasteiger partial charge in [-0.2, -0.15) is 0 Å². The first-order chi connectivity index (χ1) is 4.41. The van der Waals surface area contributed by atoms with Crippen LogP contribution in [0.5, 0.6) is 0 Å². The van der Waals surface area contributed by atoms with Gasteiger partial charge in [0.05, 0.1) is 0 Å². The summed E-state index contributed by atoms with van der Waals surface area (Å²) >= 11 is -1.34. The van der Waals surface area contributed by atoms with E-state index in [1.807, 2.05) is 7.26 Å². The fourth-order valence-electron chi connectivity index (χ4n) is 0.0250. The normalized spacial score (nSPS) is 2.60. The van der Waals surface area contributed by atoms with Crippen molar-refractivity contribution in [2.45, 2.75) is 0 Å². The Bertz CT molecular complexity index is 132. The monoisotopic (exact) mass is 368 g/mol. The molecule has 0 rings (SSSR count). The Morgan fingerprint density at radius 1 is 0.900 bits per heavy atom. The summed E-state index contributed by atoms with van der Waals surface area (Å²) in [5, 5.41) is 27.9. The minimum Gasteiger partial charge on any atom is -0.512 e. The van der Waals surface area contributed by atoms with Crippen molar-refractivity contribution in [1.29, 1.82) is 21.0 Å². The van der Waals surface area contributed by atoms with Gasteiger partial charge in [-0.15, -0.1) is 0 Å². The summed E-state index contributed by atoms with van der Waals surface area (Å²) in [6.45, 7) is 9.50. The summed E-state index contributed by atoms with van der Waals surface area (Å²) < 4.78 is 3.70. The zero-order valence-electron chi connectivity index (χ0n) is 4.64. The quantitative estimate of drug-likeness (QED) is 0.439. The molecule has 6 heteroatoms. The molecule has 0 amide bonds. The fourth-order valence-corrected chi connectivity index (χ4v) is 0.219. The molecule has 0 aliphatic heterocycles. The summed E-state index contributed by atoms with van der Waals surface area (Å²) in [7, 11) is 0. The molecule has 0 saturated heterocycles. The van der Waals surface area contributed by atoms with E-state index in [9.17, 15) is 0 Å². The molecule has 0 aliphatic rings. The predicted molar refractivity (Wildman–Crippen MR) is 26.9 cm³/mol. The number of rotatable bonds is 0. The van der Waals surface area contributed by atoms with Crippen molar-refractivity contribution >= 4 is 24.2 Å². The van der Waals surface area contributed by atoms with E-state index in [-0.39, 0.29) is 17.1 Å². The summed E-state index contributed by atoms with van der Waals surface area (Å²) in [6.07, 6.45) is 0. The van der Waals surface area contributed by atoms with Crippen molar-refractivity contribution in [3.63, 3.8) is 0 Å². The Morgan fingerprint density at radius 3 is 1.10 bits per heavy atom. The molecule has 0 aromatic rings. The van der Waals surface area contributed by atoms with E-state index >= 15 is 0 Å². The molecule has 10 heavy (non-hydrogen) atoms. The van der Waals surface area contributed by atoms with E-state index in [0.29, 0.717) is 0 Å². The molecule has 48 valence electrons. The van der Waals surface area contributed by atoms with Crippen molar-refractivity contribution in [3.05, 3.63) is 13.1 Å². The van der Waals surface area contributed by atoms with Gasteiger partial charge in [-0.3, -0.25) is 0 Å². The second-order valence-corrected chi connectivity index (χ2v) is 3.06. The number of nitriles is 2. The average Bonchev–Trinajstić information content (AvgIpc) is 1.98. The molecule has 4 nitrogen and oxygen atoms in total. The maximum Gasteiger partial charge on any atom is 2.00 e. The summed E-state index contributed by atoms with van der Waals surface area (Å²) in [6, 6.07) is 0. The molecule has 0 aromatic heterocycles. The fraction of sp³-hybridized carbons (Fsp3) is 0. The van der Waals surface area contributed by atoms with E-state index in [1.54, 1.807) is 0 Å². The molecule has 0 fully saturated rings. The molecule has 0 atom stereocenters. The minimum absolute atomic E-state index is 0. The van der Waals surface area contributed by atoms with Crippen LogP contribution in [0.25, 0.3) is 0 Å². The SMILES string of the molecule is N#[C][Pb][C]#N.[C-]#N.[C-]#N.[Fe+2]. The summed E-state index contributed by atoms with van der Waals surface area (Å²) in [5.74, 6) is 0. The Hall–Kier alpha value is -0.598. The molecule has 0 saturated carbocycles. The van der Waals surface area contributed by atoms with Gasteiger partial charge in [0.25, 0.3) is 0 Å². The third kappa shape index (κ3) is 154. The van der Waals surface area contributed by atoms with Crippen LogP contribution in [-0.4, -0.2) is 24.2 Å². The van der Waals surface area contributed by atoms with Crippen LogP contribution in [0, 0.1) is 41.4 Å². The zero-order valence-corrected chi connectivity index (χ0v) is 9.63. The maximum atomic E-state index is 7.68. The molecule has 0 N–H and O–H groups in total. The first-order valence-electron chi connectivity index (χ1n) is 1.39. The summed E-state index contributed by atoms with van der Waals surface area (Å²) in [5.41, 5.74) is 0. The van der Waals surface area contributed by atoms with Gasteiger partial charge in [0.2, 0.25) is 0 Å². The van der Waals surface area contributed by atoms with Gasteiger partial charge >= 0.3 is 59.1 Å². The topological polar surface area (TPSA) is 95.2 Å². The van der Waals surface area contributed by atoms with Gasteiger partial charge in [0, 0.05) is 0 Å². The van der Waals surface area contributed by atoms with Crippen LogP contribution in [-0.2, 0) is 17.1 Å². The Morgan fingerprint density at radius 2 is 1.10 bits per heavy atom. The van der Waals surface area contributed by atoms with Crippen molar-refractivity contribution in [1.82, 2.24) is 0 Å². The average molecular weight is 367 g/mol. The van der Waals surface area contributed by atoms with E-state index in [0.717, 1.165) is 0 Å². The third-order valence-corrected chi connectivity index (χ3v) is 0.981. The Kier molecular flexibility index (Phi) is 182. The van der Waals surface area contributed by atoms with Crippen LogP contribution in [0.15, 0.2) is 0 Å². The molecule has 2 radical (unpaired) electrons. The molecule has 0 aliphatic carbocycles. The molecule has 0 spiro atoms. The largest absolute Gasteiger partial charge is 2.00 e. The van der Waals surface area contributed by atoms with E-state index in [1.165, 1.54) is 0 Å². The Balaban J connectivity index is -0.0000000315. The first-order valence-corrected chi connectivity index (χ1v) is 5.28. The molecule has 0 heterocycles. The van der Waals surface area contributed by atoms with E-state index < -0.39 is 24.2 Å². The van der Waals surface area contributed by atoms with Crippen LogP contribution < -0.4 is 0 Å². The van der Waals surface area contributed by atoms with Gasteiger partial charge < -0.3 is 23.7 Å². The third-order valence-electron chi connectivity index (χ3n) is 0.112. The van der Waals surface area contributed by atoms with Crippen LogP contribution >= 0.6 is 0 Å². The maximum absolute atomic E-state index is 7.68. The first kappa shape index (κ1) is 22.7. The number of hydrogen-bond acceptors (Lipinski definition) is 4. The smallest absolute Gasteiger partial charge is 0.512 e.